The fourth-order valence-corrected chi connectivity index (χ4v) is 5.54. The first-order chi connectivity index (χ1) is 18.1. The number of Topliss-reactive ketones (excluding diaryl/α,β-unsaturated/α-hetero) is 1. The molecule has 2 atom stereocenters. The third-order valence-corrected chi connectivity index (χ3v) is 8.21. The smallest absolute Gasteiger partial charge is 0.268 e. The fraction of sp³-hybridized carbons (Fsp3) is 0.968. The van der Waals surface area contributed by atoms with Gasteiger partial charge < -0.3 is 18.4 Å². The fourth-order valence-electron chi connectivity index (χ4n) is 4.77. The second-order valence-corrected chi connectivity index (χ2v) is 13.8. The number of unbranched alkanes of at least 4 members (excludes halogenated alkanes) is 16. The zero-order chi connectivity index (χ0) is 28.5. The molecule has 0 aliphatic carbocycles. The molecule has 0 aromatic carbocycles. The van der Waals surface area contributed by atoms with Crippen LogP contribution in [0.4, 0.5) is 0 Å². The number of hydrogen-bond donors (Lipinski definition) is 0. The maximum absolute atomic E-state index is 12.2. The molecule has 0 saturated carbocycles. The summed E-state index contributed by atoms with van der Waals surface area (Å²) in [6.07, 6.45) is 25.2. The van der Waals surface area contributed by atoms with Crippen molar-refractivity contribution in [2.24, 2.45) is 5.92 Å². The lowest BCUT2D eigenvalue weighted by molar-refractivity contribution is -0.870. The van der Waals surface area contributed by atoms with Gasteiger partial charge in [0.2, 0.25) is 0 Å². The predicted octanol–water partition coefficient (Wildman–Crippen LogP) is 8.61. The second-order valence-electron chi connectivity index (χ2n) is 12.4. The average Bonchev–Trinajstić information content (AvgIpc) is 2.83. The van der Waals surface area contributed by atoms with Crippen LogP contribution in [0.2, 0.25) is 0 Å². The molecular weight excluding hydrogens is 497 g/mol. The summed E-state index contributed by atoms with van der Waals surface area (Å²) in [5.41, 5.74) is 0. The van der Waals surface area contributed by atoms with Gasteiger partial charge in [-0.3, -0.25) is 9.36 Å². The van der Waals surface area contributed by atoms with Crippen LogP contribution in [0.3, 0.4) is 0 Å². The lowest BCUT2D eigenvalue weighted by Gasteiger charge is -2.28. The highest BCUT2D eigenvalue weighted by Gasteiger charge is 2.19. The molecule has 0 saturated heterocycles. The largest absolute Gasteiger partial charge is 0.756 e. The van der Waals surface area contributed by atoms with Crippen LogP contribution in [0.25, 0.3) is 0 Å². The third kappa shape index (κ3) is 27.3. The first kappa shape index (κ1) is 37.7. The second kappa shape index (κ2) is 24.5. The molecule has 0 radical (unpaired) electrons. The summed E-state index contributed by atoms with van der Waals surface area (Å²) in [4.78, 5) is 24.4. The van der Waals surface area contributed by atoms with E-state index in [-0.39, 0.29) is 24.9 Å². The molecule has 0 aromatic heterocycles. The van der Waals surface area contributed by atoms with Gasteiger partial charge in [-0.05, 0) is 18.8 Å². The number of phosphoric acid groups is 1. The molecule has 0 fully saturated rings. The SMILES string of the molecule is CCCCCCCCCCCCCCCCCCCC(COP(=O)([O-])OCC[N+](C)(C)C)CC(=O)CCC. The highest BCUT2D eigenvalue weighted by atomic mass is 31.2. The van der Waals surface area contributed by atoms with Gasteiger partial charge in [0, 0.05) is 12.8 Å². The predicted molar refractivity (Wildman–Crippen MR) is 159 cm³/mol. The lowest BCUT2D eigenvalue weighted by Crippen LogP contribution is -2.37. The van der Waals surface area contributed by atoms with Crippen LogP contribution in [-0.4, -0.2) is 51.2 Å². The molecule has 6 nitrogen and oxygen atoms in total. The van der Waals surface area contributed by atoms with E-state index in [0.717, 1.165) is 25.7 Å². The van der Waals surface area contributed by atoms with Crippen LogP contribution in [0.5, 0.6) is 0 Å². The summed E-state index contributed by atoms with van der Waals surface area (Å²) in [7, 11) is 1.60. The van der Waals surface area contributed by atoms with Crippen molar-refractivity contribution in [2.45, 2.75) is 149 Å². The minimum Gasteiger partial charge on any atom is -0.756 e. The first-order valence-corrected chi connectivity index (χ1v) is 17.5. The van der Waals surface area contributed by atoms with Crippen molar-refractivity contribution < 1.29 is 27.8 Å². The van der Waals surface area contributed by atoms with Gasteiger partial charge in [0.25, 0.3) is 7.82 Å². The van der Waals surface area contributed by atoms with E-state index in [1.807, 2.05) is 28.1 Å². The van der Waals surface area contributed by atoms with Crippen LogP contribution >= 0.6 is 7.82 Å². The molecule has 38 heavy (non-hydrogen) atoms. The molecule has 0 bridgehead atoms. The lowest BCUT2D eigenvalue weighted by atomic mass is 9.94. The van der Waals surface area contributed by atoms with Gasteiger partial charge in [-0.2, -0.15) is 0 Å². The number of nitrogens with zero attached hydrogens (tertiary/aromatic N) is 1. The zero-order valence-electron chi connectivity index (χ0n) is 26.0. The Kier molecular flexibility index (Phi) is 24.4. The van der Waals surface area contributed by atoms with Crippen molar-refractivity contribution in [3.05, 3.63) is 0 Å². The number of quaternary nitrogens is 1. The molecule has 0 aromatic rings. The number of ketones is 1. The maximum Gasteiger partial charge on any atom is 0.268 e. The van der Waals surface area contributed by atoms with Gasteiger partial charge in [-0.1, -0.05) is 123 Å². The van der Waals surface area contributed by atoms with E-state index >= 15 is 0 Å². The monoisotopic (exact) mass is 561 g/mol. The Balaban J connectivity index is 3.92. The topological polar surface area (TPSA) is 75.7 Å². The molecule has 228 valence electrons. The van der Waals surface area contributed by atoms with Crippen LogP contribution in [-0.2, 0) is 18.4 Å². The highest BCUT2D eigenvalue weighted by molar-refractivity contribution is 7.45. The molecular formula is C31H64NO5P. The van der Waals surface area contributed by atoms with E-state index < -0.39 is 7.82 Å². The minimum absolute atomic E-state index is 0.0411. The van der Waals surface area contributed by atoms with Gasteiger partial charge in [0.05, 0.1) is 27.7 Å². The number of carbonyl (C=O) groups is 1. The van der Waals surface area contributed by atoms with Crippen molar-refractivity contribution in [1.82, 2.24) is 0 Å². The summed E-state index contributed by atoms with van der Waals surface area (Å²) < 4.78 is 23.0. The minimum atomic E-state index is -4.34. The third-order valence-electron chi connectivity index (χ3n) is 7.24. The normalized spacial score (nSPS) is 14.5. The quantitative estimate of drug-likeness (QED) is 0.0519. The Labute approximate surface area is 236 Å². The van der Waals surface area contributed by atoms with E-state index in [0.29, 0.717) is 23.9 Å². The van der Waals surface area contributed by atoms with Gasteiger partial charge in [-0.25, -0.2) is 0 Å². The number of hydrogen-bond acceptors (Lipinski definition) is 5. The Bertz CT molecular complexity index is 593. The van der Waals surface area contributed by atoms with Crippen molar-refractivity contribution in [3.63, 3.8) is 0 Å². The first-order valence-electron chi connectivity index (χ1n) is 16.0. The Morgan fingerprint density at radius 1 is 0.711 bits per heavy atom. The van der Waals surface area contributed by atoms with E-state index in [1.54, 1.807) is 0 Å². The molecule has 0 aliphatic rings. The van der Waals surface area contributed by atoms with Crippen molar-refractivity contribution >= 4 is 13.6 Å². The zero-order valence-corrected chi connectivity index (χ0v) is 26.9. The van der Waals surface area contributed by atoms with Crippen molar-refractivity contribution in [1.29, 1.82) is 0 Å². The Morgan fingerprint density at radius 3 is 1.58 bits per heavy atom. The average molecular weight is 562 g/mol. The van der Waals surface area contributed by atoms with Gasteiger partial charge >= 0.3 is 0 Å². The van der Waals surface area contributed by atoms with Gasteiger partial charge in [-0.15, -0.1) is 0 Å². The molecule has 0 N–H and O–H groups in total. The molecule has 0 amide bonds. The van der Waals surface area contributed by atoms with Crippen molar-refractivity contribution in [3.8, 4) is 0 Å². The van der Waals surface area contributed by atoms with Crippen molar-refractivity contribution in [2.75, 3.05) is 40.9 Å². The molecule has 0 aliphatic heterocycles. The number of phosphoric ester groups is 1. The Morgan fingerprint density at radius 2 is 1.16 bits per heavy atom. The summed E-state index contributed by atoms with van der Waals surface area (Å²) in [5.74, 6) is 0.134. The number of carbonyl (C=O) groups excluding carboxylic acids is 1. The molecule has 0 rings (SSSR count). The number of likely N-dealkylation sites (N-methyl/N-ethyl adjacent to an activating group) is 1. The Hall–Kier alpha value is -0.260. The molecule has 7 heteroatoms. The molecule has 0 heterocycles. The van der Waals surface area contributed by atoms with Crippen LogP contribution < -0.4 is 4.89 Å². The van der Waals surface area contributed by atoms with Crippen LogP contribution in [0.15, 0.2) is 0 Å². The molecule has 0 spiro atoms. The van der Waals surface area contributed by atoms with E-state index in [9.17, 15) is 14.3 Å². The summed E-state index contributed by atoms with van der Waals surface area (Å²) in [6.45, 7) is 4.99. The summed E-state index contributed by atoms with van der Waals surface area (Å²) in [6, 6.07) is 0. The van der Waals surface area contributed by atoms with Crippen LogP contribution in [0.1, 0.15) is 149 Å². The highest BCUT2D eigenvalue weighted by Crippen LogP contribution is 2.39. The molecule has 2 unspecified atom stereocenters. The summed E-state index contributed by atoms with van der Waals surface area (Å²) in [5, 5.41) is 0. The van der Waals surface area contributed by atoms with E-state index in [1.165, 1.54) is 96.3 Å². The van der Waals surface area contributed by atoms with E-state index in [2.05, 4.69) is 6.92 Å². The van der Waals surface area contributed by atoms with E-state index in [4.69, 9.17) is 9.05 Å². The standard InChI is InChI=1S/C31H64NO5P/c1-6-8-9-10-11-12-13-14-15-16-17-18-19-20-21-22-23-25-30(28-31(33)24-7-2)29-37-38(34,35)36-27-26-32(3,4)5/h30H,6-29H2,1-5H3. The van der Waals surface area contributed by atoms with Gasteiger partial charge in [0.1, 0.15) is 18.9 Å². The maximum atomic E-state index is 12.2. The van der Waals surface area contributed by atoms with Crippen LogP contribution in [0, 0.1) is 5.92 Å². The summed E-state index contributed by atoms with van der Waals surface area (Å²) >= 11 is 0. The van der Waals surface area contributed by atoms with Gasteiger partial charge in [0.15, 0.2) is 0 Å². The number of rotatable bonds is 29.